The van der Waals surface area contributed by atoms with Crippen LogP contribution in [0.15, 0.2) is 0 Å². The van der Waals surface area contributed by atoms with E-state index in [1.165, 1.54) is 38.6 Å². The van der Waals surface area contributed by atoms with Crippen LogP contribution in [0.25, 0.3) is 0 Å². The van der Waals surface area contributed by atoms with Crippen molar-refractivity contribution >= 4 is 0 Å². The molecule has 138 valence electrons. The Balaban J connectivity index is 1.15. The maximum Gasteiger partial charge on any atom is 0.00989 e. The van der Waals surface area contributed by atoms with Crippen LogP contribution in [-0.2, 0) is 0 Å². The average molecular weight is 333 g/mol. The summed E-state index contributed by atoms with van der Waals surface area (Å²) in [5.41, 5.74) is 1.25. The fraction of sp³-hybridized carbons (Fsp3) is 1.00. The molecule has 0 amide bonds. The molecule has 2 heteroatoms. The molecule has 6 saturated carbocycles. The van der Waals surface area contributed by atoms with E-state index < -0.39 is 0 Å². The zero-order chi connectivity index (χ0) is 17.1. The largest absolute Gasteiger partial charge is 0.315 e. The van der Waals surface area contributed by atoms with E-state index >= 15 is 0 Å². The molecule has 6 aliphatic rings. The van der Waals surface area contributed by atoms with Gasteiger partial charge in [-0.05, 0) is 85.0 Å². The van der Waals surface area contributed by atoms with Crippen molar-refractivity contribution < 1.29 is 0 Å². The van der Waals surface area contributed by atoms with Gasteiger partial charge in [0.1, 0.15) is 0 Å². The predicted molar refractivity (Wildman–Crippen MR) is 102 cm³/mol. The highest BCUT2D eigenvalue weighted by Gasteiger charge is 2.56. The highest BCUT2D eigenvalue weighted by atomic mass is 15.0. The fourth-order valence-corrected chi connectivity index (χ4v) is 7.26. The van der Waals surface area contributed by atoms with E-state index in [1.807, 2.05) is 0 Å². The summed E-state index contributed by atoms with van der Waals surface area (Å²) < 4.78 is 0. The van der Waals surface area contributed by atoms with Gasteiger partial charge in [0.15, 0.2) is 0 Å². The summed E-state index contributed by atoms with van der Waals surface area (Å²) in [5, 5.41) is 7.66. The van der Waals surface area contributed by atoms with Crippen molar-refractivity contribution in [2.45, 2.75) is 72.8 Å². The lowest BCUT2D eigenvalue weighted by atomic mass is 9.45. The first-order valence-corrected chi connectivity index (χ1v) is 10.8. The quantitative estimate of drug-likeness (QED) is 0.708. The number of hydrogen-bond donors (Lipinski definition) is 2. The lowest BCUT2D eigenvalue weighted by Gasteiger charge is -2.62. The zero-order valence-electron chi connectivity index (χ0n) is 16.7. The molecule has 0 saturated heterocycles. The second-order valence-corrected chi connectivity index (χ2v) is 10.9. The highest BCUT2D eigenvalue weighted by molar-refractivity contribution is 5.07. The standard InChI is InChI=1S/C22H40N2/c1-14-18-11-17(22(18,4)5)12-20(14)24-9-8-23-13-15-6-7-16-10-19(15)21(16,2)3/h14-20,23-24H,6-13H2,1-5H3/t14-,15+,16+,17+,18-,19+,20-/m1/s1. The Hall–Kier alpha value is -0.0800. The summed E-state index contributed by atoms with van der Waals surface area (Å²) >= 11 is 0. The third-order valence-corrected chi connectivity index (χ3v) is 9.47. The van der Waals surface area contributed by atoms with E-state index in [9.17, 15) is 0 Å². The summed E-state index contributed by atoms with van der Waals surface area (Å²) in [7, 11) is 0. The number of hydrogen-bond acceptors (Lipinski definition) is 2. The molecule has 0 aromatic carbocycles. The minimum Gasteiger partial charge on any atom is -0.315 e. The van der Waals surface area contributed by atoms with Crippen LogP contribution < -0.4 is 10.6 Å². The smallest absolute Gasteiger partial charge is 0.00989 e. The molecule has 0 aromatic heterocycles. The summed E-state index contributed by atoms with van der Waals surface area (Å²) in [4.78, 5) is 0. The lowest BCUT2D eigenvalue weighted by Crippen LogP contribution is -2.60. The Bertz CT molecular complexity index is 467. The van der Waals surface area contributed by atoms with Gasteiger partial charge in [0, 0.05) is 19.1 Å². The number of nitrogens with one attached hydrogen (secondary N) is 2. The Morgan fingerprint density at radius 2 is 1.54 bits per heavy atom. The normalized spacial score (nSPS) is 47.6. The van der Waals surface area contributed by atoms with Crippen molar-refractivity contribution in [2.24, 2.45) is 46.3 Å². The summed E-state index contributed by atoms with van der Waals surface area (Å²) in [6.07, 6.45) is 7.36. The van der Waals surface area contributed by atoms with Crippen LogP contribution in [0.1, 0.15) is 66.7 Å². The first-order valence-electron chi connectivity index (χ1n) is 10.8. The molecule has 2 nitrogen and oxygen atoms in total. The van der Waals surface area contributed by atoms with Gasteiger partial charge >= 0.3 is 0 Å². The molecule has 6 fully saturated rings. The average Bonchev–Trinajstić information content (AvgIpc) is 2.55. The molecule has 4 bridgehead atoms. The van der Waals surface area contributed by atoms with E-state index in [1.54, 1.807) is 0 Å². The topological polar surface area (TPSA) is 24.1 Å². The monoisotopic (exact) mass is 332 g/mol. The second kappa shape index (κ2) is 5.98. The summed E-state index contributed by atoms with van der Waals surface area (Å²) in [6, 6.07) is 0.768. The molecule has 0 spiro atoms. The third kappa shape index (κ3) is 2.58. The van der Waals surface area contributed by atoms with Crippen molar-refractivity contribution in [2.75, 3.05) is 19.6 Å². The van der Waals surface area contributed by atoms with Gasteiger partial charge in [-0.1, -0.05) is 34.6 Å². The molecule has 6 rings (SSSR count). The Labute approximate surface area is 149 Å². The minimum atomic E-state index is 0.615. The summed E-state index contributed by atoms with van der Waals surface area (Å²) in [6.45, 7) is 16.1. The number of rotatable bonds is 6. The van der Waals surface area contributed by atoms with E-state index in [4.69, 9.17) is 0 Å². The lowest BCUT2D eigenvalue weighted by molar-refractivity contribution is -0.115. The van der Waals surface area contributed by atoms with Gasteiger partial charge in [0.2, 0.25) is 0 Å². The van der Waals surface area contributed by atoms with E-state index in [2.05, 4.69) is 45.3 Å². The van der Waals surface area contributed by atoms with Gasteiger partial charge in [-0.2, -0.15) is 0 Å². The molecule has 2 N–H and O–H groups in total. The van der Waals surface area contributed by atoms with Gasteiger partial charge < -0.3 is 10.6 Å². The fourth-order valence-electron chi connectivity index (χ4n) is 7.26. The van der Waals surface area contributed by atoms with Gasteiger partial charge in [0.25, 0.3) is 0 Å². The van der Waals surface area contributed by atoms with Crippen molar-refractivity contribution in [3.8, 4) is 0 Å². The Kier molecular flexibility index (Phi) is 4.32. The Morgan fingerprint density at radius 1 is 0.833 bits per heavy atom. The molecule has 24 heavy (non-hydrogen) atoms. The molecule has 6 aliphatic carbocycles. The highest BCUT2D eigenvalue weighted by Crippen LogP contribution is 2.62. The van der Waals surface area contributed by atoms with Crippen molar-refractivity contribution in [3.63, 3.8) is 0 Å². The molecule has 0 radical (unpaired) electrons. The van der Waals surface area contributed by atoms with Crippen molar-refractivity contribution in [1.29, 1.82) is 0 Å². The van der Waals surface area contributed by atoms with Crippen LogP contribution in [0, 0.1) is 46.3 Å². The predicted octanol–water partition coefficient (Wildman–Crippen LogP) is 4.31. The molecule has 7 atom stereocenters. The van der Waals surface area contributed by atoms with Gasteiger partial charge in [-0.15, -0.1) is 0 Å². The molecule has 0 aromatic rings. The van der Waals surface area contributed by atoms with Gasteiger partial charge in [-0.25, -0.2) is 0 Å². The van der Waals surface area contributed by atoms with E-state index in [-0.39, 0.29) is 0 Å². The van der Waals surface area contributed by atoms with Crippen molar-refractivity contribution in [1.82, 2.24) is 10.6 Å². The van der Waals surface area contributed by atoms with Crippen LogP contribution in [-0.4, -0.2) is 25.7 Å². The molecular formula is C22H40N2. The van der Waals surface area contributed by atoms with E-state index in [0.29, 0.717) is 10.8 Å². The van der Waals surface area contributed by atoms with Crippen LogP contribution in [0.3, 0.4) is 0 Å². The van der Waals surface area contributed by atoms with Crippen molar-refractivity contribution in [3.05, 3.63) is 0 Å². The summed E-state index contributed by atoms with van der Waals surface area (Å²) in [5.74, 6) is 5.74. The molecular weight excluding hydrogens is 292 g/mol. The molecule has 0 heterocycles. The first kappa shape index (κ1) is 17.3. The van der Waals surface area contributed by atoms with Crippen LogP contribution >= 0.6 is 0 Å². The molecule has 0 unspecified atom stereocenters. The van der Waals surface area contributed by atoms with Crippen LogP contribution in [0.5, 0.6) is 0 Å². The SMILES string of the molecule is C[C@@H]1[C@H]2C[C@@H](C[C@H]1NCCNC[C@@H]1CC[C@H]3C[C@@H]1C3(C)C)C2(C)C. The van der Waals surface area contributed by atoms with Crippen LogP contribution in [0.4, 0.5) is 0 Å². The van der Waals surface area contributed by atoms with Gasteiger partial charge in [0.05, 0.1) is 0 Å². The second-order valence-electron chi connectivity index (χ2n) is 10.9. The maximum atomic E-state index is 3.88. The number of fused-ring (bicyclic) bond motifs is 4. The third-order valence-electron chi connectivity index (χ3n) is 9.47. The van der Waals surface area contributed by atoms with Gasteiger partial charge in [-0.3, -0.25) is 0 Å². The van der Waals surface area contributed by atoms with Crippen LogP contribution in [0.2, 0.25) is 0 Å². The minimum absolute atomic E-state index is 0.615. The first-order chi connectivity index (χ1) is 11.3. The maximum absolute atomic E-state index is 3.88. The molecule has 0 aliphatic heterocycles. The Morgan fingerprint density at radius 3 is 2.17 bits per heavy atom. The van der Waals surface area contributed by atoms with E-state index in [0.717, 1.165) is 54.6 Å². The zero-order valence-corrected chi connectivity index (χ0v) is 16.7.